The third kappa shape index (κ3) is 7.15. The summed E-state index contributed by atoms with van der Waals surface area (Å²) in [5.41, 5.74) is 4.08. The van der Waals surface area contributed by atoms with E-state index < -0.39 is 22.0 Å². The van der Waals surface area contributed by atoms with Gasteiger partial charge in [0.15, 0.2) is 0 Å². The fourth-order valence-corrected chi connectivity index (χ4v) is 16.7. The first-order chi connectivity index (χ1) is 27.8. The van der Waals surface area contributed by atoms with Gasteiger partial charge in [-0.05, 0) is 146 Å². The van der Waals surface area contributed by atoms with Crippen LogP contribution in [0.25, 0.3) is 0 Å². The predicted molar refractivity (Wildman–Crippen MR) is 238 cm³/mol. The molecule has 7 aliphatic rings. The van der Waals surface area contributed by atoms with Crippen molar-refractivity contribution in [2.45, 2.75) is 124 Å². The molecule has 0 spiro atoms. The smallest absolute Gasteiger partial charge is 0.313 e. The molecule has 1 aromatic rings. The van der Waals surface area contributed by atoms with E-state index in [1.807, 2.05) is 6.07 Å². The summed E-state index contributed by atoms with van der Waals surface area (Å²) >= 11 is 0. The van der Waals surface area contributed by atoms with Crippen molar-refractivity contribution >= 4 is 16.6 Å². The molecule has 10 heteroatoms. The number of allylic oxidation sites excluding steroid dienone is 5. The van der Waals surface area contributed by atoms with E-state index >= 15 is 0 Å². The van der Waals surface area contributed by atoms with Crippen molar-refractivity contribution in [2.75, 3.05) is 51.4 Å². The zero-order chi connectivity index (χ0) is 42.2. The molecule has 1 saturated heterocycles. The van der Waals surface area contributed by atoms with Gasteiger partial charge < -0.3 is 19.9 Å². The van der Waals surface area contributed by atoms with E-state index in [0.717, 1.165) is 39.0 Å². The number of carboxylic acid groups (broad SMARTS) is 1. The van der Waals surface area contributed by atoms with Crippen LogP contribution in [0.3, 0.4) is 0 Å². The lowest BCUT2D eigenvalue weighted by Gasteiger charge is -2.72. The summed E-state index contributed by atoms with van der Waals surface area (Å²) in [5, 5.41) is 14.8. The lowest BCUT2D eigenvalue weighted by molar-refractivity contribution is -0.221. The van der Waals surface area contributed by atoms with Crippen LogP contribution in [-0.2, 0) is 4.79 Å². The summed E-state index contributed by atoms with van der Waals surface area (Å²) in [6, 6.07) is 5.32. The molecule has 10 atom stereocenters. The molecule has 1 aliphatic heterocycles. The van der Waals surface area contributed by atoms with Crippen molar-refractivity contribution < 1.29 is 28.5 Å². The van der Waals surface area contributed by atoms with Gasteiger partial charge in [0.1, 0.15) is 12.0 Å². The van der Waals surface area contributed by atoms with Crippen LogP contribution in [0.1, 0.15) is 119 Å². The van der Waals surface area contributed by atoms with Gasteiger partial charge >= 0.3 is 5.97 Å². The number of hydrogen-bond donors (Lipinski definition) is 4. The van der Waals surface area contributed by atoms with Gasteiger partial charge in [0.25, 0.3) is 0 Å². The first-order valence-electron chi connectivity index (χ1n) is 23.0. The van der Waals surface area contributed by atoms with Crippen LogP contribution in [0.5, 0.6) is 11.8 Å². The second-order valence-electron chi connectivity index (χ2n) is 21.7. The highest BCUT2D eigenvalue weighted by Gasteiger charge is 2.70. The third-order valence-electron chi connectivity index (χ3n) is 18.8. The molecule has 2 heterocycles. The number of carbonyl (C=O) groups is 1. The maximum absolute atomic E-state index is 12.8. The van der Waals surface area contributed by atoms with Gasteiger partial charge in [-0.25, -0.2) is 0 Å². The number of rotatable bonds is 11. The number of aromatic nitrogens is 1. The molecule has 9 nitrogen and oxygen atoms in total. The number of hydrogen-bond acceptors (Lipinski definition) is 8. The Bertz CT molecular complexity index is 1850. The highest BCUT2D eigenvalue weighted by Crippen LogP contribution is 2.76. The van der Waals surface area contributed by atoms with Crippen LogP contribution >= 0.6 is 10.6 Å². The molecule has 4 saturated carbocycles. The van der Waals surface area contributed by atoms with Crippen LogP contribution < -0.4 is 14.8 Å². The van der Waals surface area contributed by atoms with E-state index in [1.165, 1.54) is 68.1 Å². The summed E-state index contributed by atoms with van der Waals surface area (Å²) in [6.45, 7) is 23.6. The van der Waals surface area contributed by atoms with Gasteiger partial charge in [-0.15, -0.1) is 0 Å². The number of fused-ring (bicyclic) bond motifs is 7. The maximum atomic E-state index is 12.8. The minimum atomic E-state index is -2.38. The zero-order valence-electron chi connectivity index (χ0n) is 37.3. The minimum Gasteiger partial charge on any atom is -0.481 e. The number of ether oxygens (including phenoxy) is 2. The summed E-state index contributed by atoms with van der Waals surface area (Å²) in [6.07, 6.45) is 17.8. The molecule has 0 amide bonds. The van der Waals surface area contributed by atoms with E-state index in [1.54, 1.807) is 19.2 Å². The molecule has 59 heavy (non-hydrogen) atoms. The highest BCUT2D eigenvalue weighted by molar-refractivity contribution is 8.24. The molecular weight excluding hydrogens is 759 g/mol. The van der Waals surface area contributed by atoms with Crippen LogP contribution in [0, 0.1) is 56.7 Å². The van der Waals surface area contributed by atoms with Gasteiger partial charge in [-0.3, -0.25) is 18.8 Å². The molecule has 6 aliphatic carbocycles. The van der Waals surface area contributed by atoms with Crippen molar-refractivity contribution in [3.05, 3.63) is 53.6 Å². The number of pyridine rings is 1. The summed E-state index contributed by atoms with van der Waals surface area (Å²) in [7, 11) is -0.813. The number of aliphatic carboxylic acids is 1. The van der Waals surface area contributed by atoms with Crippen molar-refractivity contribution in [2.24, 2.45) is 56.7 Å². The van der Waals surface area contributed by atoms with Crippen molar-refractivity contribution in [3.8, 4) is 11.8 Å². The maximum Gasteiger partial charge on any atom is 0.313 e. The number of nitrogens with one attached hydrogen (secondary N) is 1. The second kappa shape index (κ2) is 15.5. The monoisotopic (exact) mass is 834 g/mol. The number of methoxy groups -OCH3 is 1. The topological polar surface area (TPSA) is 124 Å². The Labute approximate surface area is 356 Å². The third-order valence-corrected chi connectivity index (χ3v) is 20.5. The highest BCUT2D eigenvalue weighted by atomic mass is 32.3. The lowest BCUT2D eigenvalue weighted by atomic mass is 9.33. The molecule has 328 valence electrons. The van der Waals surface area contributed by atoms with Gasteiger partial charge in [-0.2, -0.15) is 15.6 Å². The lowest BCUT2D eigenvalue weighted by Crippen LogP contribution is -2.68. The average molecular weight is 834 g/mol. The van der Waals surface area contributed by atoms with Crippen molar-refractivity contribution in [3.63, 3.8) is 0 Å². The Balaban J connectivity index is 0.999. The molecule has 0 unspecified atom stereocenters. The van der Waals surface area contributed by atoms with E-state index in [0.29, 0.717) is 65.7 Å². The van der Waals surface area contributed by atoms with Crippen LogP contribution in [0.15, 0.2) is 53.6 Å². The minimum absolute atomic E-state index is 0.00416. The molecule has 5 fully saturated rings. The largest absolute Gasteiger partial charge is 0.481 e. The van der Waals surface area contributed by atoms with Crippen LogP contribution in [0.4, 0.5) is 0 Å². The predicted octanol–water partition coefficient (Wildman–Crippen LogP) is 10.3. The fraction of sp³-hybridized carbons (Fsp3) is 0.755. The Morgan fingerprint density at radius 2 is 1.68 bits per heavy atom. The standard InChI is InChI=1S/C49H75N3O6S/c1-33(2)35-16-23-49(50-26-27-52-28-30-59(55,56)31-29-52)25-24-46(6)37(42(35)49)12-13-39-45(5)19-17-36(44(3,4)38(45)18-20-47(39,46)7)34-14-21-48(22-15-34,43(53)54)32-58-41-11-9-10-40(51-41)57-8/h9-11,14,17,35,37-39,42,50,55-56H,1,12-13,15-16,18-32H2,2-8H3,(H,53,54)/t35-,37+,38-,39+,42+,45-,46+,47+,48+,49-/m0/s1. The number of carboxylic acids is 1. The van der Waals surface area contributed by atoms with Gasteiger partial charge in [0, 0.05) is 43.9 Å². The normalized spacial score (nSPS) is 41.8. The van der Waals surface area contributed by atoms with Crippen LogP contribution in [0.2, 0.25) is 0 Å². The first-order valence-corrected chi connectivity index (χ1v) is 24.9. The zero-order valence-corrected chi connectivity index (χ0v) is 38.1. The fourth-order valence-electron chi connectivity index (χ4n) is 15.4. The SMILES string of the molecule is C=C(C)[C@@H]1CC[C@]2(NCCN3CCS(O)(O)CC3)CC[C@]3(C)[C@H](CC[C@@H]4[C@@]5(C)CC=C(C6=CC[C@@](COc7cccc(OC)n7)(C(=O)O)CC6)C(C)(C)[C@@H]5CC[C@]43C)[C@@H]12. The van der Waals surface area contributed by atoms with Crippen LogP contribution in [-0.4, -0.2) is 87.0 Å². The molecule has 8 rings (SSSR count). The molecule has 0 aromatic carbocycles. The van der Waals surface area contributed by atoms with E-state index in [9.17, 15) is 19.0 Å². The summed E-state index contributed by atoms with van der Waals surface area (Å²) in [5.74, 6) is 4.13. The Morgan fingerprint density at radius 1 is 0.932 bits per heavy atom. The quantitative estimate of drug-likeness (QED) is 0.161. The van der Waals surface area contributed by atoms with Gasteiger partial charge in [-0.1, -0.05) is 65.0 Å². The average Bonchev–Trinajstić information content (AvgIpc) is 3.58. The molecule has 0 radical (unpaired) electrons. The van der Waals surface area contributed by atoms with E-state index in [2.05, 4.69) is 75.5 Å². The second-order valence-corrected chi connectivity index (χ2v) is 24.1. The first kappa shape index (κ1) is 43.3. The molecule has 4 N–H and O–H groups in total. The van der Waals surface area contributed by atoms with E-state index in [4.69, 9.17) is 9.47 Å². The summed E-state index contributed by atoms with van der Waals surface area (Å²) < 4.78 is 31.6. The van der Waals surface area contributed by atoms with Gasteiger partial charge in [0.2, 0.25) is 11.8 Å². The molecule has 0 bridgehead atoms. The molecular formula is C49H75N3O6S. The summed E-state index contributed by atoms with van der Waals surface area (Å²) in [4.78, 5) is 19.6. The Hall–Kier alpha value is -2.37. The number of nitrogens with zero attached hydrogens (tertiary/aromatic N) is 2. The van der Waals surface area contributed by atoms with Crippen molar-refractivity contribution in [1.29, 1.82) is 0 Å². The Morgan fingerprint density at radius 3 is 2.36 bits per heavy atom. The molecule has 1 aromatic heterocycles. The van der Waals surface area contributed by atoms with E-state index in [-0.39, 0.29) is 33.8 Å². The van der Waals surface area contributed by atoms with Crippen molar-refractivity contribution in [1.82, 2.24) is 15.2 Å². The Kier molecular flexibility index (Phi) is 11.3. The van der Waals surface area contributed by atoms with Gasteiger partial charge in [0.05, 0.1) is 18.6 Å².